The Morgan fingerprint density at radius 2 is 2.00 bits per heavy atom. The van der Waals surface area contributed by atoms with E-state index in [9.17, 15) is 5.11 Å². The maximum atomic E-state index is 9.42. The number of aromatic hydroxyl groups is 1. The molecule has 0 saturated carbocycles. The Labute approximate surface area is 79.0 Å². The van der Waals surface area contributed by atoms with Gasteiger partial charge in [-0.2, -0.15) is 0 Å². The van der Waals surface area contributed by atoms with Crippen LogP contribution in [0.2, 0.25) is 0 Å². The van der Waals surface area contributed by atoms with Crippen LogP contribution in [0.1, 0.15) is 12.5 Å². The number of para-hydroxylation sites is 1. The van der Waals surface area contributed by atoms with E-state index in [0.29, 0.717) is 5.75 Å². The topological polar surface area (TPSA) is 20.2 Å². The van der Waals surface area contributed by atoms with Gasteiger partial charge >= 0.3 is 0 Å². The predicted molar refractivity (Wildman–Crippen MR) is 55.8 cm³/mol. The van der Waals surface area contributed by atoms with Gasteiger partial charge in [-0.25, -0.2) is 0 Å². The molecule has 1 aromatic carbocycles. The van der Waals surface area contributed by atoms with Gasteiger partial charge in [0.2, 0.25) is 0 Å². The summed E-state index contributed by atoms with van der Waals surface area (Å²) in [5.74, 6) is 0.368. The van der Waals surface area contributed by atoms with Gasteiger partial charge in [0.15, 0.2) is 0 Å². The van der Waals surface area contributed by atoms with E-state index in [-0.39, 0.29) is 0 Å². The molecular formula is C12H14O. The summed E-state index contributed by atoms with van der Waals surface area (Å²) < 4.78 is 0. The fourth-order valence-electron chi connectivity index (χ4n) is 1.07. The van der Waals surface area contributed by atoms with Crippen molar-refractivity contribution in [2.24, 2.45) is 0 Å². The molecule has 0 unspecified atom stereocenters. The first-order valence-electron chi connectivity index (χ1n) is 4.39. The van der Waals surface area contributed by atoms with Crippen molar-refractivity contribution in [3.05, 3.63) is 54.1 Å². The summed E-state index contributed by atoms with van der Waals surface area (Å²) in [6.45, 7) is 1.98. The Kier molecular flexibility index (Phi) is 3.83. The molecule has 0 aliphatic rings. The lowest BCUT2D eigenvalue weighted by molar-refractivity contribution is 0.470. The second kappa shape index (κ2) is 5.20. The Morgan fingerprint density at radius 3 is 2.69 bits per heavy atom. The van der Waals surface area contributed by atoms with E-state index in [1.807, 2.05) is 49.4 Å². The van der Waals surface area contributed by atoms with Crippen LogP contribution in [-0.2, 0) is 6.42 Å². The molecule has 0 fully saturated rings. The molecule has 0 atom stereocenters. The van der Waals surface area contributed by atoms with Crippen molar-refractivity contribution < 1.29 is 5.11 Å². The minimum Gasteiger partial charge on any atom is -0.508 e. The van der Waals surface area contributed by atoms with Crippen molar-refractivity contribution in [2.75, 3.05) is 0 Å². The van der Waals surface area contributed by atoms with E-state index in [1.165, 1.54) is 0 Å². The van der Waals surface area contributed by atoms with Gasteiger partial charge in [-0.3, -0.25) is 0 Å². The van der Waals surface area contributed by atoms with Crippen LogP contribution < -0.4 is 0 Å². The standard InChI is InChI=1S/C12H14O/c1-2-3-4-5-8-11-9-6-7-10-12(11)13/h2-7,9-10,13H,8H2,1H3. The van der Waals surface area contributed by atoms with Gasteiger partial charge in [0, 0.05) is 0 Å². The van der Waals surface area contributed by atoms with Crippen molar-refractivity contribution in [3.8, 4) is 5.75 Å². The number of rotatable bonds is 3. The van der Waals surface area contributed by atoms with Crippen molar-refractivity contribution in [1.29, 1.82) is 0 Å². The summed E-state index contributed by atoms with van der Waals surface area (Å²) in [6.07, 6.45) is 8.72. The number of allylic oxidation sites excluding steroid dienone is 4. The summed E-state index contributed by atoms with van der Waals surface area (Å²) in [6, 6.07) is 7.39. The SMILES string of the molecule is CC=CC=CCc1ccccc1O. The molecule has 0 aromatic heterocycles. The average molecular weight is 174 g/mol. The van der Waals surface area contributed by atoms with Gasteiger partial charge in [-0.1, -0.05) is 42.5 Å². The molecule has 0 spiro atoms. The summed E-state index contributed by atoms with van der Waals surface area (Å²) >= 11 is 0. The highest BCUT2D eigenvalue weighted by Crippen LogP contribution is 2.16. The molecule has 0 saturated heterocycles. The number of phenolic OH excluding ortho intramolecular Hbond substituents is 1. The highest BCUT2D eigenvalue weighted by atomic mass is 16.3. The first kappa shape index (κ1) is 9.59. The van der Waals surface area contributed by atoms with Crippen LogP contribution >= 0.6 is 0 Å². The Bertz CT molecular complexity index is 311. The van der Waals surface area contributed by atoms with E-state index >= 15 is 0 Å². The minimum absolute atomic E-state index is 0.368. The summed E-state index contributed by atoms with van der Waals surface area (Å²) in [5.41, 5.74) is 0.961. The summed E-state index contributed by atoms with van der Waals surface area (Å²) in [4.78, 5) is 0. The molecule has 0 bridgehead atoms. The molecule has 1 nitrogen and oxygen atoms in total. The zero-order valence-corrected chi connectivity index (χ0v) is 7.77. The number of hydrogen-bond donors (Lipinski definition) is 1. The molecule has 13 heavy (non-hydrogen) atoms. The molecule has 0 aliphatic heterocycles. The smallest absolute Gasteiger partial charge is 0.119 e. The van der Waals surface area contributed by atoms with E-state index < -0.39 is 0 Å². The maximum Gasteiger partial charge on any atom is 0.119 e. The van der Waals surface area contributed by atoms with Gasteiger partial charge in [0.25, 0.3) is 0 Å². The van der Waals surface area contributed by atoms with Gasteiger partial charge in [0.1, 0.15) is 5.75 Å². The van der Waals surface area contributed by atoms with Crippen molar-refractivity contribution >= 4 is 0 Å². The summed E-state index contributed by atoms with van der Waals surface area (Å²) in [5, 5.41) is 9.42. The third kappa shape index (κ3) is 3.16. The van der Waals surface area contributed by atoms with Gasteiger partial charge in [0.05, 0.1) is 0 Å². The molecule has 0 radical (unpaired) electrons. The molecule has 68 valence electrons. The highest BCUT2D eigenvalue weighted by molar-refractivity contribution is 5.33. The first-order chi connectivity index (χ1) is 6.34. The molecule has 1 rings (SSSR count). The Hall–Kier alpha value is -1.50. The van der Waals surface area contributed by atoms with Crippen LogP contribution in [0.15, 0.2) is 48.6 Å². The zero-order chi connectivity index (χ0) is 9.52. The van der Waals surface area contributed by atoms with Crippen molar-refractivity contribution in [1.82, 2.24) is 0 Å². The fraction of sp³-hybridized carbons (Fsp3) is 0.167. The fourth-order valence-corrected chi connectivity index (χ4v) is 1.07. The van der Waals surface area contributed by atoms with Crippen molar-refractivity contribution in [2.45, 2.75) is 13.3 Å². The highest BCUT2D eigenvalue weighted by Gasteiger charge is 1.94. The third-order valence-electron chi connectivity index (χ3n) is 1.77. The quantitative estimate of drug-likeness (QED) is 0.698. The lowest BCUT2D eigenvalue weighted by atomic mass is 10.1. The molecule has 1 N–H and O–H groups in total. The van der Waals surface area contributed by atoms with E-state index in [1.54, 1.807) is 6.07 Å². The molecule has 1 heteroatoms. The molecular weight excluding hydrogens is 160 g/mol. The zero-order valence-electron chi connectivity index (χ0n) is 7.77. The number of hydrogen-bond acceptors (Lipinski definition) is 1. The average Bonchev–Trinajstić information content (AvgIpc) is 2.15. The number of phenols is 1. The maximum absolute atomic E-state index is 9.42. The second-order valence-corrected chi connectivity index (χ2v) is 2.79. The van der Waals surface area contributed by atoms with Crippen LogP contribution in [0.25, 0.3) is 0 Å². The van der Waals surface area contributed by atoms with Crippen molar-refractivity contribution in [3.63, 3.8) is 0 Å². The van der Waals surface area contributed by atoms with Crippen LogP contribution in [0, 0.1) is 0 Å². The second-order valence-electron chi connectivity index (χ2n) is 2.79. The molecule has 0 heterocycles. The van der Waals surface area contributed by atoms with Crippen LogP contribution in [0.3, 0.4) is 0 Å². The first-order valence-corrected chi connectivity index (χ1v) is 4.39. The third-order valence-corrected chi connectivity index (χ3v) is 1.77. The minimum atomic E-state index is 0.368. The van der Waals surface area contributed by atoms with Gasteiger partial charge < -0.3 is 5.11 Å². The van der Waals surface area contributed by atoms with E-state index in [4.69, 9.17) is 0 Å². The molecule has 0 aliphatic carbocycles. The monoisotopic (exact) mass is 174 g/mol. The molecule has 1 aromatic rings. The largest absolute Gasteiger partial charge is 0.508 e. The van der Waals surface area contributed by atoms with E-state index in [2.05, 4.69) is 0 Å². The Morgan fingerprint density at radius 1 is 1.23 bits per heavy atom. The predicted octanol–water partition coefficient (Wildman–Crippen LogP) is 3.07. The lowest BCUT2D eigenvalue weighted by Crippen LogP contribution is -1.80. The van der Waals surface area contributed by atoms with Crippen LogP contribution in [0.5, 0.6) is 5.75 Å². The lowest BCUT2D eigenvalue weighted by Gasteiger charge is -1.98. The summed E-state index contributed by atoms with van der Waals surface area (Å²) in [7, 11) is 0. The van der Waals surface area contributed by atoms with Crippen LogP contribution in [-0.4, -0.2) is 5.11 Å². The van der Waals surface area contributed by atoms with Gasteiger partial charge in [-0.05, 0) is 25.0 Å². The van der Waals surface area contributed by atoms with Gasteiger partial charge in [-0.15, -0.1) is 0 Å². The van der Waals surface area contributed by atoms with Crippen LogP contribution in [0.4, 0.5) is 0 Å². The Balaban J connectivity index is 2.59. The number of benzene rings is 1. The normalized spacial score (nSPS) is 11.5. The van der Waals surface area contributed by atoms with E-state index in [0.717, 1.165) is 12.0 Å². The molecule has 0 amide bonds.